The number of aromatic amines is 1. The molecule has 9 nitrogen and oxygen atoms in total. The van der Waals surface area contributed by atoms with Crippen molar-refractivity contribution in [2.24, 2.45) is 0 Å². The molecule has 0 bridgehead atoms. The predicted molar refractivity (Wildman–Crippen MR) is 147 cm³/mol. The minimum atomic E-state index is -3.14. The molecule has 42 heavy (non-hydrogen) atoms. The van der Waals surface area contributed by atoms with Gasteiger partial charge in [-0.1, -0.05) is 6.08 Å². The molecular weight excluding hydrogens is 561 g/mol. The zero-order valence-electron chi connectivity index (χ0n) is 22.8. The molecule has 5 rings (SSSR count). The van der Waals surface area contributed by atoms with Crippen LogP contribution in [0.1, 0.15) is 41.3 Å². The van der Waals surface area contributed by atoms with Gasteiger partial charge in [0, 0.05) is 62.7 Å². The van der Waals surface area contributed by atoms with Gasteiger partial charge < -0.3 is 25.0 Å². The number of carbonyl (C=O) groups is 1. The van der Waals surface area contributed by atoms with E-state index < -0.39 is 46.5 Å². The summed E-state index contributed by atoms with van der Waals surface area (Å²) in [6.45, 7) is 3.80. The molecule has 3 aromatic rings. The van der Waals surface area contributed by atoms with Crippen LogP contribution < -0.4 is 20.7 Å². The molecule has 1 amide bonds. The zero-order valence-corrected chi connectivity index (χ0v) is 22.8. The van der Waals surface area contributed by atoms with E-state index in [4.69, 9.17) is 0 Å². The largest absolute Gasteiger partial charge is 0.367 e. The van der Waals surface area contributed by atoms with Crippen LogP contribution in [0.5, 0.6) is 0 Å². The molecule has 4 heterocycles. The van der Waals surface area contributed by atoms with E-state index in [-0.39, 0.29) is 48.4 Å². The van der Waals surface area contributed by atoms with Crippen LogP contribution >= 0.6 is 0 Å². The summed E-state index contributed by atoms with van der Waals surface area (Å²) in [5.74, 6) is -3.31. The highest BCUT2D eigenvalue weighted by Gasteiger charge is 2.30. The van der Waals surface area contributed by atoms with Gasteiger partial charge in [-0.3, -0.25) is 9.59 Å². The van der Waals surface area contributed by atoms with Crippen LogP contribution in [0.4, 0.5) is 39.3 Å². The predicted octanol–water partition coefficient (Wildman–Crippen LogP) is 4.21. The molecule has 0 saturated carbocycles. The van der Waals surface area contributed by atoms with Crippen molar-refractivity contribution in [1.29, 1.82) is 0 Å². The maximum atomic E-state index is 16.4. The number of amides is 1. The Morgan fingerprint density at radius 3 is 2.48 bits per heavy atom. The quantitative estimate of drug-likeness (QED) is 0.416. The minimum Gasteiger partial charge on any atom is -0.367 e. The molecule has 222 valence electrons. The molecule has 0 spiro atoms. The number of pyridine rings is 1. The van der Waals surface area contributed by atoms with Crippen molar-refractivity contribution in [3.8, 4) is 0 Å². The van der Waals surface area contributed by atoms with Crippen LogP contribution in [0.3, 0.4) is 0 Å². The fraction of sp³-hybridized carbons (Fsp3) is 0.357. The van der Waals surface area contributed by atoms with Crippen molar-refractivity contribution >= 4 is 28.8 Å². The maximum Gasteiger partial charge on any atom is 0.264 e. The molecule has 2 aliphatic rings. The Morgan fingerprint density at radius 2 is 1.83 bits per heavy atom. The first kappa shape index (κ1) is 29.2. The molecule has 2 aliphatic heterocycles. The second-order valence-corrected chi connectivity index (χ2v) is 10.3. The average molecular weight is 590 g/mol. The summed E-state index contributed by atoms with van der Waals surface area (Å²) in [5.41, 5.74) is -2.49. The van der Waals surface area contributed by atoms with Gasteiger partial charge in [-0.25, -0.2) is 31.9 Å². The highest BCUT2D eigenvalue weighted by Crippen LogP contribution is 2.39. The monoisotopic (exact) mass is 589 g/mol. The summed E-state index contributed by atoms with van der Waals surface area (Å²) in [7, 11) is 1.92. The van der Waals surface area contributed by atoms with E-state index >= 15 is 8.78 Å². The number of hydrogen-bond donors (Lipinski definition) is 2. The molecule has 1 fully saturated rings. The number of halogens is 5. The molecule has 0 aliphatic carbocycles. The summed E-state index contributed by atoms with van der Waals surface area (Å²) < 4.78 is 72.6. The smallest absolute Gasteiger partial charge is 0.264 e. The number of hydrogen-bond acceptors (Lipinski definition) is 7. The van der Waals surface area contributed by atoms with Gasteiger partial charge in [-0.2, -0.15) is 0 Å². The Kier molecular flexibility index (Phi) is 8.25. The Morgan fingerprint density at radius 1 is 1.10 bits per heavy atom. The van der Waals surface area contributed by atoms with Gasteiger partial charge in [0.05, 0.1) is 29.2 Å². The molecule has 2 aromatic heterocycles. The SMILES string of the molecule is CC1CN(c2cc(F)c(C3=CCN(c4ncc(F)cn4)CC3)c(F)c2NC(=O)c2c[nH]c(=O)cc2C(F)F)CCN1C. The number of nitrogens with one attached hydrogen (secondary N) is 2. The van der Waals surface area contributed by atoms with Crippen LogP contribution in [-0.2, 0) is 0 Å². The summed E-state index contributed by atoms with van der Waals surface area (Å²) in [6, 6.07) is 1.78. The highest BCUT2D eigenvalue weighted by molar-refractivity contribution is 6.07. The van der Waals surface area contributed by atoms with Gasteiger partial charge in [0.15, 0.2) is 11.6 Å². The lowest BCUT2D eigenvalue weighted by atomic mass is 9.96. The normalized spacial score (nSPS) is 17.9. The standard InChI is InChI=1S/C28H28F5N7O2/c1-15-14-40(8-7-38(15)2)21-10-20(30)23(16-3-5-39(6-4-16)28-35-11-17(29)12-36-28)24(31)25(21)37-27(42)19-13-34-22(41)9-18(19)26(32)33/h3,9-13,15,26H,4-8,14H2,1-2H3,(H,34,41)(H,37,42). The first-order chi connectivity index (χ1) is 20.0. The molecule has 1 saturated heterocycles. The highest BCUT2D eigenvalue weighted by atomic mass is 19.3. The van der Waals surface area contributed by atoms with E-state index in [2.05, 4.69) is 25.2 Å². The molecule has 14 heteroatoms. The number of alkyl halides is 2. The van der Waals surface area contributed by atoms with Crippen LogP contribution in [0, 0.1) is 17.5 Å². The van der Waals surface area contributed by atoms with Gasteiger partial charge >= 0.3 is 0 Å². The molecule has 1 unspecified atom stereocenters. The molecule has 2 N–H and O–H groups in total. The Hall–Kier alpha value is -4.33. The van der Waals surface area contributed by atoms with Crippen molar-refractivity contribution in [1.82, 2.24) is 19.9 Å². The van der Waals surface area contributed by atoms with E-state index in [9.17, 15) is 22.8 Å². The molecular formula is C28H28F5N7O2. The second-order valence-electron chi connectivity index (χ2n) is 10.3. The molecule has 1 atom stereocenters. The maximum absolute atomic E-state index is 16.4. The lowest BCUT2D eigenvalue weighted by molar-refractivity contribution is 0.101. The number of anilines is 3. The Bertz CT molecular complexity index is 1580. The molecule has 0 radical (unpaired) electrons. The van der Waals surface area contributed by atoms with Gasteiger partial charge in [0.2, 0.25) is 11.5 Å². The number of rotatable bonds is 6. The van der Waals surface area contributed by atoms with Crippen molar-refractivity contribution in [2.75, 3.05) is 54.9 Å². The lowest BCUT2D eigenvalue weighted by Crippen LogP contribution is -2.50. The first-order valence-electron chi connectivity index (χ1n) is 13.2. The summed E-state index contributed by atoms with van der Waals surface area (Å²) in [4.78, 5) is 40.5. The van der Waals surface area contributed by atoms with E-state index in [0.29, 0.717) is 31.3 Å². The number of H-pyrrole nitrogens is 1. The van der Waals surface area contributed by atoms with Crippen LogP contribution in [0.2, 0.25) is 0 Å². The summed E-state index contributed by atoms with van der Waals surface area (Å²) in [6.07, 6.45) is 1.53. The van der Waals surface area contributed by atoms with E-state index in [1.165, 1.54) is 0 Å². The summed E-state index contributed by atoms with van der Waals surface area (Å²) in [5, 5.41) is 2.40. The fourth-order valence-electron chi connectivity index (χ4n) is 5.13. The van der Waals surface area contributed by atoms with Crippen molar-refractivity contribution in [2.45, 2.75) is 25.8 Å². The summed E-state index contributed by atoms with van der Waals surface area (Å²) >= 11 is 0. The van der Waals surface area contributed by atoms with E-state index in [1.807, 2.05) is 14.0 Å². The van der Waals surface area contributed by atoms with Crippen LogP contribution in [-0.4, -0.2) is 71.6 Å². The van der Waals surface area contributed by atoms with E-state index in [1.54, 1.807) is 15.9 Å². The zero-order chi connectivity index (χ0) is 30.1. The van der Waals surface area contributed by atoms with Crippen molar-refractivity contribution < 1.29 is 26.7 Å². The number of carbonyl (C=O) groups excluding carboxylic acids is 1. The van der Waals surface area contributed by atoms with Crippen LogP contribution in [0.25, 0.3) is 5.57 Å². The van der Waals surface area contributed by atoms with Gasteiger partial charge in [0.25, 0.3) is 12.3 Å². The van der Waals surface area contributed by atoms with E-state index in [0.717, 1.165) is 24.7 Å². The van der Waals surface area contributed by atoms with Gasteiger partial charge in [-0.15, -0.1) is 0 Å². The second kappa shape index (κ2) is 11.9. The average Bonchev–Trinajstić information content (AvgIpc) is 2.96. The third kappa shape index (κ3) is 5.84. The number of aromatic nitrogens is 3. The Balaban J connectivity index is 1.54. The first-order valence-corrected chi connectivity index (χ1v) is 13.2. The fourth-order valence-corrected chi connectivity index (χ4v) is 5.13. The van der Waals surface area contributed by atoms with Crippen LogP contribution in [0.15, 0.2) is 41.6 Å². The number of likely N-dealkylation sites (N-methyl/N-ethyl adjacent to an activating group) is 1. The van der Waals surface area contributed by atoms with Crippen molar-refractivity contribution in [3.63, 3.8) is 0 Å². The number of piperazine rings is 1. The minimum absolute atomic E-state index is 0.0263. The third-order valence-electron chi connectivity index (χ3n) is 7.59. The van der Waals surface area contributed by atoms with Crippen molar-refractivity contribution in [3.05, 3.63) is 81.3 Å². The molecule has 1 aromatic carbocycles. The lowest BCUT2D eigenvalue weighted by Gasteiger charge is -2.40. The van der Waals surface area contributed by atoms with Gasteiger partial charge in [0.1, 0.15) is 11.5 Å². The Labute approximate surface area is 237 Å². The topological polar surface area (TPSA) is 97.5 Å². The number of nitrogens with zero attached hydrogens (tertiary/aromatic N) is 5. The third-order valence-corrected chi connectivity index (χ3v) is 7.59. The van der Waals surface area contributed by atoms with Gasteiger partial charge in [-0.05, 0) is 26.0 Å². The number of benzene rings is 1.